The molecule has 0 aliphatic rings. The van der Waals surface area contributed by atoms with Gasteiger partial charge in [0.25, 0.3) is 0 Å². The second-order valence-electron chi connectivity index (χ2n) is 3.90. The van der Waals surface area contributed by atoms with Gasteiger partial charge < -0.3 is 9.47 Å². The molecular formula is C9H17F4NO3Si. The van der Waals surface area contributed by atoms with E-state index in [1.165, 1.54) is 0 Å². The van der Waals surface area contributed by atoms with E-state index in [1.54, 1.807) is 6.92 Å². The first-order chi connectivity index (χ1) is 8.20. The highest BCUT2D eigenvalue weighted by Gasteiger charge is 2.42. The summed E-state index contributed by atoms with van der Waals surface area (Å²) in [4.78, 5) is 11.1. The molecule has 0 spiro atoms. The van der Waals surface area contributed by atoms with Gasteiger partial charge in [0.1, 0.15) is 5.85 Å². The van der Waals surface area contributed by atoms with Crippen molar-refractivity contribution in [3.05, 3.63) is 0 Å². The lowest BCUT2D eigenvalue weighted by molar-refractivity contribution is -0.154. The van der Waals surface area contributed by atoms with E-state index in [1.807, 2.05) is 13.1 Å². The van der Waals surface area contributed by atoms with E-state index in [4.69, 9.17) is 4.74 Å². The van der Waals surface area contributed by atoms with Crippen LogP contribution in [0.1, 0.15) is 6.92 Å². The summed E-state index contributed by atoms with van der Waals surface area (Å²) in [6.07, 6.45) is -5.05. The molecule has 0 rings (SSSR count). The Labute approximate surface area is 104 Å². The van der Waals surface area contributed by atoms with Crippen LogP contribution in [0.4, 0.5) is 22.4 Å². The number of carbonyl (C=O) groups excluding carboxylic acids is 1. The fraction of sp³-hybridized carbons (Fsp3) is 0.889. The van der Waals surface area contributed by atoms with Gasteiger partial charge in [-0.25, -0.2) is 13.6 Å². The van der Waals surface area contributed by atoms with E-state index in [0.29, 0.717) is 6.61 Å². The summed E-state index contributed by atoms with van der Waals surface area (Å²) in [7, 11) is -1.42. The van der Waals surface area contributed by atoms with E-state index in [2.05, 4.69) is 10.1 Å². The monoisotopic (exact) mass is 291 g/mol. The van der Waals surface area contributed by atoms with Crippen LogP contribution in [0.25, 0.3) is 0 Å². The van der Waals surface area contributed by atoms with Crippen LogP contribution in [0.3, 0.4) is 0 Å². The van der Waals surface area contributed by atoms with Crippen LogP contribution in [-0.4, -0.2) is 46.3 Å². The number of carbonyl (C=O) groups is 1. The Morgan fingerprint density at radius 3 is 2.33 bits per heavy atom. The van der Waals surface area contributed by atoms with Gasteiger partial charge in [0.05, 0.1) is 8.80 Å². The first-order valence-corrected chi connectivity index (χ1v) is 8.39. The largest absolute Gasteiger partial charge is 0.443 e. The van der Waals surface area contributed by atoms with Crippen molar-refractivity contribution in [3.8, 4) is 0 Å². The molecule has 0 bridgehead atoms. The first-order valence-electron chi connectivity index (χ1n) is 5.41. The van der Waals surface area contributed by atoms with Crippen molar-refractivity contribution in [3.63, 3.8) is 0 Å². The number of alkyl halides is 4. The van der Waals surface area contributed by atoms with Crippen molar-refractivity contribution >= 4 is 14.9 Å². The average Bonchev–Trinajstić information content (AvgIpc) is 2.25. The van der Waals surface area contributed by atoms with Crippen LogP contribution in [0.2, 0.25) is 13.1 Å². The number of alkyl carbamates (subject to hydrolysis) is 1. The lowest BCUT2D eigenvalue weighted by Gasteiger charge is -2.22. The summed E-state index contributed by atoms with van der Waals surface area (Å²) in [6, 6.07) is 0. The normalized spacial score (nSPS) is 13.8. The van der Waals surface area contributed by atoms with Gasteiger partial charge in [-0.2, -0.15) is 8.78 Å². The van der Waals surface area contributed by atoms with E-state index >= 15 is 0 Å². The van der Waals surface area contributed by atoms with E-state index in [-0.39, 0.29) is 0 Å². The van der Waals surface area contributed by atoms with Gasteiger partial charge in [0, 0.05) is 6.61 Å². The van der Waals surface area contributed by atoms with E-state index < -0.39 is 39.7 Å². The van der Waals surface area contributed by atoms with Crippen molar-refractivity contribution in [2.75, 3.05) is 13.2 Å². The van der Waals surface area contributed by atoms with Crippen LogP contribution in [0, 0.1) is 0 Å². The third-order valence-electron chi connectivity index (χ3n) is 1.93. The highest BCUT2D eigenvalue weighted by molar-refractivity contribution is 6.57. The second kappa shape index (κ2) is 7.57. The highest BCUT2D eigenvalue weighted by atomic mass is 28.3. The lowest BCUT2D eigenvalue weighted by atomic mass is 10.4. The predicted molar refractivity (Wildman–Crippen MR) is 59.7 cm³/mol. The minimum absolute atomic E-state index is 0.337. The number of halogens is 4. The molecule has 0 saturated carbocycles. The smallest absolute Gasteiger partial charge is 0.409 e. The SMILES string of the molecule is CCOC(NC(=O)OCC(F)(F)C(F)F)[SiH](C)C. The fourth-order valence-electron chi connectivity index (χ4n) is 0.963. The van der Waals surface area contributed by atoms with Crippen molar-refractivity contribution in [2.45, 2.75) is 38.2 Å². The maximum atomic E-state index is 12.5. The molecule has 108 valence electrons. The molecule has 0 heterocycles. The Balaban J connectivity index is 4.18. The van der Waals surface area contributed by atoms with Crippen LogP contribution >= 0.6 is 0 Å². The molecule has 0 aromatic rings. The van der Waals surface area contributed by atoms with Crippen molar-refractivity contribution < 1.29 is 31.8 Å². The van der Waals surface area contributed by atoms with E-state index in [0.717, 1.165) is 0 Å². The molecule has 0 aliphatic heterocycles. The molecule has 0 fully saturated rings. The number of ether oxygens (including phenoxy) is 2. The topological polar surface area (TPSA) is 47.6 Å². The molecule has 1 amide bonds. The van der Waals surface area contributed by atoms with Gasteiger partial charge in [-0.05, 0) is 6.92 Å². The molecule has 1 atom stereocenters. The molecule has 0 radical (unpaired) electrons. The van der Waals surface area contributed by atoms with Gasteiger partial charge in [-0.3, -0.25) is 5.32 Å². The molecule has 1 N–H and O–H groups in total. The highest BCUT2D eigenvalue weighted by Crippen LogP contribution is 2.22. The van der Waals surface area contributed by atoms with Crippen molar-refractivity contribution in [1.82, 2.24) is 5.32 Å². The molecular weight excluding hydrogens is 274 g/mol. The molecule has 18 heavy (non-hydrogen) atoms. The Kier molecular flexibility index (Phi) is 7.22. The van der Waals surface area contributed by atoms with Gasteiger partial charge >= 0.3 is 18.4 Å². The predicted octanol–water partition coefficient (Wildman–Crippen LogP) is 2.00. The van der Waals surface area contributed by atoms with E-state index in [9.17, 15) is 22.4 Å². The van der Waals surface area contributed by atoms with Crippen LogP contribution in [0.5, 0.6) is 0 Å². The van der Waals surface area contributed by atoms with Crippen LogP contribution in [-0.2, 0) is 9.47 Å². The van der Waals surface area contributed by atoms with Gasteiger partial charge in [0.2, 0.25) is 0 Å². The summed E-state index contributed by atoms with van der Waals surface area (Å²) in [5, 5.41) is 2.23. The summed E-state index contributed by atoms with van der Waals surface area (Å²) in [5.41, 5.74) is 0. The molecule has 4 nitrogen and oxygen atoms in total. The van der Waals surface area contributed by atoms with Gasteiger partial charge in [-0.1, -0.05) is 13.1 Å². The summed E-state index contributed by atoms with van der Waals surface area (Å²) in [5.74, 6) is -4.92. The third kappa shape index (κ3) is 6.19. The number of hydrogen-bond acceptors (Lipinski definition) is 3. The standard InChI is InChI=1S/C9H17F4NO3Si/c1-4-16-8(18(2)3)14-7(15)17-5-9(12,13)6(10)11/h6,8,18H,4-5H2,1-3H3,(H,14,15). The van der Waals surface area contributed by atoms with Gasteiger partial charge in [0.15, 0.2) is 6.61 Å². The number of rotatable bonds is 7. The molecule has 1 unspecified atom stereocenters. The maximum absolute atomic E-state index is 12.5. The Morgan fingerprint density at radius 2 is 1.94 bits per heavy atom. The molecule has 0 aromatic carbocycles. The van der Waals surface area contributed by atoms with Gasteiger partial charge in [-0.15, -0.1) is 0 Å². The molecule has 9 heteroatoms. The third-order valence-corrected chi connectivity index (χ3v) is 3.50. The molecule has 0 aliphatic carbocycles. The number of nitrogens with one attached hydrogen (secondary N) is 1. The molecule has 0 aromatic heterocycles. The summed E-state index contributed by atoms with van der Waals surface area (Å²) >= 11 is 0. The minimum Gasteiger partial charge on any atom is -0.443 e. The van der Waals surface area contributed by atoms with Crippen LogP contribution < -0.4 is 5.32 Å². The summed E-state index contributed by atoms with van der Waals surface area (Å²) in [6.45, 7) is 4.13. The van der Waals surface area contributed by atoms with Crippen molar-refractivity contribution in [2.24, 2.45) is 0 Å². The van der Waals surface area contributed by atoms with Crippen molar-refractivity contribution in [1.29, 1.82) is 0 Å². The van der Waals surface area contributed by atoms with Crippen LogP contribution in [0.15, 0.2) is 0 Å². The number of amides is 1. The zero-order chi connectivity index (χ0) is 14.3. The lowest BCUT2D eigenvalue weighted by Crippen LogP contribution is -2.46. The Morgan fingerprint density at radius 1 is 1.39 bits per heavy atom. The average molecular weight is 291 g/mol. The summed E-state index contributed by atoms with van der Waals surface area (Å²) < 4.78 is 57.8. The maximum Gasteiger partial charge on any atom is 0.409 e. The first kappa shape index (κ1) is 17.2. The zero-order valence-electron chi connectivity index (χ0n) is 10.4. The fourth-order valence-corrected chi connectivity index (χ4v) is 2.01. The second-order valence-corrected chi connectivity index (χ2v) is 7.00. The number of hydrogen-bond donors (Lipinski definition) is 1. The minimum atomic E-state index is -4.34. The Hall–Kier alpha value is -0.833. The quantitative estimate of drug-likeness (QED) is 0.443. The molecule has 0 saturated heterocycles. The Bertz CT molecular complexity index is 266. The zero-order valence-corrected chi connectivity index (χ0v) is 11.5.